The highest BCUT2D eigenvalue weighted by Gasteiger charge is 2.28. The zero-order valence-corrected chi connectivity index (χ0v) is 11.0. The van der Waals surface area contributed by atoms with Crippen LogP contribution >= 0.6 is 0 Å². The van der Waals surface area contributed by atoms with Crippen molar-refractivity contribution in [3.05, 3.63) is 23.8 Å². The van der Waals surface area contributed by atoms with Gasteiger partial charge in [0, 0.05) is 30.8 Å². The number of nitrogen functional groups attached to an aromatic ring is 1. The van der Waals surface area contributed by atoms with Gasteiger partial charge in [-0.05, 0) is 43.0 Å². The normalized spacial score (nSPS) is 15.9. The van der Waals surface area contributed by atoms with Crippen molar-refractivity contribution in [1.82, 2.24) is 0 Å². The monoisotopic (exact) mass is 286 g/mol. The van der Waals surface area contributed by atoms with Gasteiger partial charge in [-0.15, -0.1) is 0 Å². The number of hydrogen-bond donors (Lipinski definition) is 1. The molecule has 0 fully saturated rings. The van der Waals surface area contributed by atoms with Gasteiger partial charge in [0.1, 0.15) is 0 Å². The Balaban J connectivity index is 2.16. The standard InChI is InChI=1S/C14H17F3N2O/c15-14(16,17)7-2-8-19-12-6-5-11(18)9-10(12)3-1-4-13(19)20/h5-6,9H,1-4,7-8,18H2. The number of alkyl halides is 3. The van der Waals surface area contributed by atoms with Gasteiger partial charge in [0.2, 0.25) is 5.91 Å². The Morgan fingerprint density at radius 1 is 1.25 bits per heavy atom. The minimum atomic E-state index is -4.18. The number of amides is 1. The fourth-order valence-electron chi connectivity index (χ4n) is 2.45. The topological polar surface area (TPSA) is 46.3 Å². The van der Waals surface area contributed by atoms with E-state index in [-0.39, 0.29) is 18.9 Å². The number of anilines is 2. The largest absolute Gasteiger partial charge is 0.399 e. The molecule has 0 atom stereocenters. The van der Waals surface area contributed by atoms with Gasteiger partial charge < -0.3 is 10.6 Å². The lowest BCUT2D eigenvalue weighted by atomic mass is 10.1. The predicted octanol–water partition coefficient (Wildman–Crippen LogP) is 3.28. The lowest BCUT2D eigenvalue weighted by molar-refractivity contribution is -0.135. The first-order valence-electron chi connectivity index (χ1n) is 6.62. The summed E-state index contributed by atoms with van der Waals surface area (Å²) in [5.74, 6) is -0.115. The van der Waals surface area contributed by atoms with E-state index in [0.29, 0.717) is 24.2 Å². The molecule has 20 heavy (non-hydrogen) atoms. The maximum absolute atomic E-state index is 12.2. The van der Waals surface area contributed by atoms with Crippen LogP contribution in [0.25, 0.3) is 0 Å². The number of rotatable bonds is 3. The molecule has 0 spiro atoms. The third-order valence-electron chi connectivity index (χ3n) is 3.37. The summed E-state index contributed by atoms with van der Waals surface area (Å²) >= 11 is 0. The molecule has 0 radical (unpaired) electrons. The fourth-order valence-corrected chi connectivity index (χ4v) is 2.45. The molecule has 3 nitrogen and oxygen atoms in total. The Labute approximate surface area is 115 Å². The molecule has 0 saturated heterocycles. The van der Waals surface area contributed by atoms with Crippen LogP contribution in [0.2, 0.25) is 0 Å². The third kappa shape index (κ3) is 3.65. The molecular formula is C14H17F3N2O. The van der Waals surface area contributed by atoms with Crippen LogP contribution in [0.4, 0.5) is 24.5 Å². The van der Waals surface area contributed by atoms with Crippen molar-refractivity contribution in [2.45, 2.75) is 38.3 Å². The first-order valence-corrected chi connectivity index (χ1v) is 6.62. The second kappa shape index (κ2) is 5.73. The Morgan fingerprint density at radius 2 is 2.00 bits per heavy atom. The molecule has 0 aliphatic carbocycles. The number of benzene rings is 1. The van der Waals surface area contributed by atoms with Gasteiger partial charge in [0.25, 0.3) is 0 Å². The Kier molecular flexibility index (Phi) is 4.20. The maximum atomic E-state index is 12.2. The molecule has 1 aliphatic heterocycles. The number of halogens is 3. The van der Waals surface area contributed by atoms with E-state index in [1.54, 1.807) is 18.2 Å². The van der Waals surface area contributed by atoms with Gasteiger partial charge in [-0.25, -0.2) is 0 Å². The number of fused-ring (bicyclic) bond motifs is 1. The van der Waals surface area contributed by atoms with Crippen molar-refractivity contribution >= 4 is 17.3 Å². The van der Waals surface area contributed by atoms with Gasteiger partial charge in [-0.2, -0.15) is 13.2 Å². The summed E-state index contributed by atoms with van der Waals surface area (Å²) in [6, 6.07) is 5.19. The van der Waals surface area contributed by atoms with Crippen LogP contribution in [0.3, 0.4) is 0 Å². The van der Waals surface area contributed by atoms with E-state index >= 15 is 0 Å². The fraction of sp³-hybridized carbons (Fsp3) is 0.500. The molecule has 0 unspecified atom stereocenters. The molecular weight excluding hydrogens is 269 g/mol. The highest BCUT2D eigenvalue weighted by atomic mass is 19.4. The average Bonchev–Trinajstić information content (AvgIpc) is 2.48. The molecule has 1 aromatic carbocycles. The van der Waals surface area contributed by atoms with Crippen molar-refractivity contribution in [2.24, 2.45) is 0 Å². The number of aryl methyl sites for hydroxylation is 1. The molecule has 0 bridgehead atoms. The number of nitrogens with zero attached hydrogens (tertiary/aromatic N) is 1. The lowest BCUT2D eigenvalue weighted by Gasteiger charge is -2.23. The summed E-state index contributed by atoms with van der Waals surface area (Å²) in [5, 5.41) is 0. The number of nitrogens with two attached hydrogens (primary N) is 1. The first kappa shape index (κ1) is 14.7. The molecule has 1 aliphatic rings. The zero-order chi connectivity index (χ0) is 14.8. The van der Waals surface area contributed by atoms with Crippen LogP contribution in [0.15, 0.2) is 18.2 Å². The quantitative estimate of drug-likeness (QED) is 0.867. The summed E-state index contributed by atoms with van der Waals surface area (Å²) in [6.07, 6.45) is -3.35. The Bertz CT molecular complexity index is 500. The Hall–Kier alpha value is -1.72. The Morgan fingerprint density at radius 3 is 2.70 bits per heavy atom. The molecule has 0 saturated carbocycles. The molecule has 2 N–H and O–H groups in total. The van der Waals surface area contributed by atoms with Crippen LogP contribution in [-0.2, 0) is 11.2 Å². The minimum absolute atomic E-state index is 0.0843. The summed E-state index contributed by atoms with van der Waals surface area (Å²) in [4.78, 5) is 13.5. The van der Waals surface area contributed by atoms with Crippen LogP contribution in [0, 0.1) is 0 Å². The van der Waals surface area contributed by atoms with Crippen molar-refractivity contribution < 1.29 is 18.0 Å². The summed E-state index contributed by atoms with van der Waals surface area (Å²) in [5.41, 5.74) is 7.95. The predicted molar refractivity (Wildman–Crippen MR) is 71.4 cm³/mol. The minimum Gasteiger partial charge on any atom is -0.399 e. The molecule has 110 valence electrons. The second-order valence-electron chi connectivity index (χ2n) is 5.01. The van der Waals surface area contributed by atoms with E-state index in [9.17, 15) is 18.0 Å². The SMILES string of the molecule is Nc1ccc2c(c1)CCCC(=O)N2CCCC(F)(F)F. The summed E-state index contributed by atoms with van der Waals surface area (Å²) in [7, 11) is 0. The van der Waals surface area contributed by atoms with Gasteiger partial charge in [0.05, 0.1) is 0 Å². The van der Waals surface area contributed by atoms with Gasteiger partial charge in [0.15, 0.2) is 0 Å². The van der Waals surface area contributed by atoms with E-state index < -0.39 is 12.6 Å². The molecule has 1 heterocycles. The molecule has 6 heteroatoms. The molecule has 1 aromatic rings. The van der Waals surface area contributed by atoms with Crippen LogP contribution in [0.5, 0.6) is 0 Å². The second-order valence-corrected chi connectivity index (χ2v) is 5.01. The van der Waals surface area contributed by atoms with Crippen molar-refractivity contribution in [3.63, 3.8) is 0 Å². The molecule has 0 aromatic heterocycles. The maximum Gasteiger partial charge on any atom is 0.389 e. The average molecular weight is 286 g/mol. The van der Waals surface area contributed by atoms with Gasteiger partial charge in [-0.3, -0.25) is 4.79 Å². The third-order valence-corrected chi connectivity index (χ3v) is 3.37. The van der Waals surface area contributed by atoms with E-state index in [4.69, 9.17) is 5.73 Å². The van der Waals surface area contributed by atoms with Crippen molar-refractivity contribution in [3.8, 4) is 0 Å². The van der Waals surface area contributed by atoms with E-state index in [1.807, 2.05) is 0 Å². The van der Waals surface area contributed by atoms with Gasteiger partial charge >= 0.3 is 6.18 Å². The first-order chi connectivity index (χ1) is 9.37. The number of hydrogen-bond acceptors (Lipinski definition) is 2. The highest BCUT2D eigenvalue weighted by Crippen LogP contribution is 2.30. The zero-order valence-electron chi connectivity index (χ0n) is 11.0. The van der Waals surface area contributed by atoms with E-state index in [2.05, 4.69) is 0 Å². The van der Waals surface area contributed by atoms with Crippen molar-refractivity contribution in [1.29, 1.82) is 0 Å². The highest BCUT2D eigenvalue weighted by molar-refractivity contribution is 5.95. The molecule has 1 amide bonds. The smallest absolute Gasteiger partial charge is 0.389 e. The number of carbonyl (C=O) groups is 1. The summed E-state index contributed by atoms with van der Waals surface area (Å²) in [6.45, 7) is 0.0925. The summed E-state index contributed by atoms with van der Waals surface area (Å²) < 4.78 is 36.6. The lowest BCUT2D eigenvalue weighted by Crippen LogP contribution is -2.31. The van der Waals surface area contributed by atoms with Crippen molar-refractivity contribution in [2.75, 3.05) is 17.2 Å². The van der Waals surface area contributed by atoms with Crippen LogP contribution < -0.4 is 10.6 Å². The van der Waals surface area contributed by atoms with Crippen LogP contribution in [-0.4, -0.2) is 18.6 Å². The van der Waals surface area contributed by atoms with Crippen LogP contribution in [0.1, 0.15) is 31.2 Å². The molecule has 2 rings (SSSR count). The van der Waals surface area contributed by atoms with E-state index in [0.717, 1.165) is 12.0 Å². The number of carbonyl (C=O) groups excluding carboxylic acids is 1. The van der Waals surface area contributed by atoms with Gasteiger partial charge in [-0.1, -0.05) is 0 Å². The van der Waals surface area contributed by atoms with E-state index in [1.165, 1.54) is 4.90 Å².